The van der Waals surface area contributed by atoms with Crippen molar-refractivity contribution in [1.29, 1.82) is 0 Å². The van der Waals surface area contributed by atoms with Crippen LogP contribution < -0.4 is 14.2 Å². The zero-order valence-electron chi connectivity index (χ0n) is 22.0. The number of rotatable bonds is 9. The Morgan fingerprint density at radius 2 is 1.53 bits per heavy atom. The highest BCUT2D eigenvalue weighted by Crippen LogP contribution is 2.39. The Morgan fingerprint density at radius 1 is 0.816 bits per heavy atom. The monoisotopic (exact) mass is 508 g/mol. The zero-order valence-corrected chi connectivity index (χ0v) is 22.0. The number of carbonyl (C=O) groups is 1. The van der Waals surface area contributed by atoms with Crippen LogP contribution in [0.25, 0.3) is 11.1 Å². The Kier molecular flexibility index (Phi) is 7.64. The van der Waals surface area contributed by atoms with Gasteiger partial charge in [-0.05, 0) is 71.5 Å². The molecule has 4 aromatic rings. The van der Waals surface area contributed by atoms with E-state index in [-0.39, 0.29) is 11.9 Å². The van der Waals surface area contributed by atoms with Gasteiger partial charge in [-0.15, -0.1) is 0 Å². The first-order valence-electron chi connectivity index (χ1n) is 12.8. The third kappa shape index (κ3) is 5.83. The van der Waals surface area contributed by atoms with Gasteiger partial charge in [0.15, 0.2) is 0 Å². The lowest BCUT2D eigenvalue weighted by molar-refractivity contribution is -0.141. The van der Waals surface area contributed by atoms with E-state index in [0.717, 1.165) is 39.5 Å². The number of hydrogen-bond acceptors (Lipinski definition) is 5. The summed E-state index contributed by atoms with van der Waals surface area (Å²) in [6.45, 7) is 5.71. The molecule has 1 heterocycles. The van der Waals surface area contributed by atoms with Crippen molar-refractivity contribution in [3.8, 4) is 28.4 Å². The van der Waals surface area contributed by atoms with Crippen LogP contribution in [0.3, 0.4) is 0 Å². The molecule has 0 spiro atoms. The molecule has 38 heavy (non-hydrogen) atoms. The smallest absolute Gasteiger partial charge is 0.306 e. The molecular weight excluding hydrogens is 476 g/mol. The molecule has 0 saturated carbocycles. The maximum Gasteiger partial charge on any atom is 0.306 e. The molecule has 5 nitrogen and oxygen atoms in total. The van der Waals surface area contributed by atoms with Crippen LogP contribution in [0.2, 0.25) is 0 Å². The van der Waals surface area contributed by atoms with E-state index in [9.17, 15) is 4.79 Å². The molecule has 1 atom stereocenters. The molecule has 0 aliphatic carbocycles. The first-order valence-corrected chi connectivity index (χ1v) is 12.8. The second-order valence-electron chi connectivity index (χ2n) is 9.68. The van der Waals surface area contributed by atoms with Crippen molar-refractivity contribution in [2.45, 2.75) is 39.4 Å². The van der Waals surface area contributed by atoms with Crippen molar-refractivity contribution < 1.29 is 23.7 Å². The van der Waals surface area contributed by atoms with Crippen LogP contribution >= 0.6 is 0 Å². The average Bonchev–Trinajstić information content (AvgIpc) is 3.33. The molecular formula is C33H32O5. The first kappa shape index (κ1) is 25.4. The summed E-state index contributed by atoms with van der Waals surface area (Å²) in [5.74, 6) is 2.17. The van der Waals surface area contributed by atoms with Gasteiger partial charge in [-0.3, -0.25) is 4.79 Å². The van der Waals surface area contributed by atoms with E-state index in [2.05, 4.69) is 62.4 Å². The van der Waals surface area contributed by atoms with E-state index in [4.69, 9.17) is 18.9 Å². The minimum absolute atomic E-state index is 0.0183. The summed E-state index contributed by atoms with van der Waals surface area (Å²) < 4.78 is 22.8. The molecule has 0 bridgehead atoms. The van der Waals surface area contributed by atoms with Crippen molar-refractivity contribution in [2.75, 3.05) is 13.7 Å². The summed E-state index contributed by atoms with van der Waals surface area (Å²) in [4.78, 5) is 11.7. The molecule has 0 N–H and O–H groups in total. The van der Waals surface area contributed by atoms with Crippen molar-refractivity contribution in [1.82, 2.24) is 0 Å². The summed E-state index contributed by atoms with van der Waals surface area (Å²) >= 11 is 0. The van der Waals surface area contributed by atoms with Crippen molar-refractivity contribution in [2.24, 2.45) is 0 Å². The van der Waals surface area contributed by atoms with E-state index in [1.165, 1.54) is 23.8 Å². The molecule has 0 amide bonds. The minimum Gasteiger partial charge on any atom is -0.492 e. The zero-order chi connectivity index (χ0) is 26.5. The number of ether oxygens (including phenoxy) is 4. The fourth-order valence-electron chi connectivity index (χ4n) is 4.99. The predicted molar refractivity (Wildman–Crippen MR) is 148 cm³/mol. The van der Waals surface area contributed by atoms with Gasteiger partial charge in [-0.2, -0.15) is 0 Å². The van der Waals surface area contributed by atoms with Gasteiger partial charge in [-0.1, -0.05) is 54.6 Å². The summed E-state index contributed by atoms with van der Waals surface area (Å²) in [6, 6.07) is 28.7. The fourth-order valence-corrected chi connectivity index (χ4v) is 4.99. The SMILES string of the molecule is COC(=O)CC1COc2cc(OCc3cccc(-c4c(C)cc(OCc5ccccc5)cc4C)c3)ccc21. The molecule has 0 saturated heterocycles. The lowest BCUT2D eigenvalue weighted by Gasteiger charge is -2.15. The van der Waals surface area contributed by atoms with Crippen LogP contribution in [0.4, 0.5) is 0 Å². The third-order valence-corrected chi connectivity index (χ3v) is 6.88. The Bertz CT molecular complexity index is 1400. The van der Waals surface area contributed by atoms with Gasteiger partial charge in [0.25, 0.3) is 0 Å². The van der Waals surface area contributed by atoms with Gasteiger partial charge in [0, 0.05) is 17.5 Å². The summed E-state index contributed by atoms with van der Waals surface area (Å²) in [5.41, 5.74) is 7.95. The number of carbonyl (C=O) groups excluding carboxylic acids is 1. The van der Waals surface area contributed by atoms with Crippen LogP contribution in [-0.4, -0.2) is 19.7 Å². The number of fused-ring (bicyclic) bond motifs is 1. The highest BCUT2D eigenvalue weighted by Gasteiger charge is 2.27. The van der Waals surface area contributed by atoms with E-state index in [1.54, 1.807) is 0 Å². The van der Waals surface area contributed by atoms with E-state index < -0.39 is 0 Å². The molecule has 0 fully saturated rings. The summed E-state index contributed by atoms with van der Waals surface area (Å²) in [7, 11) is 1.41. The van der Waals surface area contributed by atoms with Gasteiger partial charge in [0.1, 0.15) is 30.5 Å². The number of methoxy groups -OCH3 is 1. The lowest BCUT2D eigenvalue weighted by Crippen LogP contribution is -2.09. The van der Waals surface area contributed by atoms with Crippen molar-refractivity contribution in [3.63, 3.8) is 0 Å². The Hall–Kier alpha value is -4.25. The predicted octanol–water partition coefficient (Wildman–Crippen LogP) is 7.17. The van der Waals surface area contributed by atoms with Gasteiger partial charge >= 0.3 is 5.97 Å². The molecule has 4 aromatic carbocycles. The van der Waals surface area contributed by atoms with Crippen LogP contribution in [0, 0.1) is 13.8 Å². The first-order chi connectivity index (χ1) is 18.5. The van der Waals surface area contributed by atoms with Gasteiger partial charge in [0.2, 0.25) is 0 Å². The van der Waals surface area contributed by atoms with Gasteiger partial charge in [-0.25, -0.2) is 0 Å². The molecule has 0 radical (unpaired) electrons. The summed E-state index contributed by atoms with van der Waals surface area (Å²) in [6.07, 6.45) is 0.315. The second-order valence-corrected chi connectivity index (χ2v) is 9.68. The lowest BCUT2D eigenvalue weighted by atomic mass is 9.94. The number of hydrogen-bond donors (Lipinski definition) is 0. The molecule has 1 aliphatic heterocycles. The molecule has 1 aliphatic rings. The minimum atomic E-state index is -0.230. The quantitative estimate of drug-likeness (QED) is 0.224. The molecule has 5 heteroatoms. The fraction of sp³-hybridized carbons (Fsp3) is 0.242. The van der Waals surface area contributed by atoms with Gasteiger partial charge in [0.05, 0.1) is 20.1 Å². The number of aryl methyl sites for hydroxylation is 2. The van der Waals surface area contributed by atoms with Gasteiger partial charge < -0.3 is 18.9 Å². The highest BCUT2D eigenvalue weighted by atomic mass is 16.5. The Balaban J connectivity index is 1.26. The third-order valence-electron chi connectivity index (χ3n) is 6.88. The average molecular weight is 509 g/mol. The Morgan fingerprint density at radius 3 is 2.29 bits per heavy atom. The molecule has 5 rings (SSSR count). The maximum atomic E-state index is 11.7. The number of esters is 1. The topological polar surface area (TPSA) is 54.0 Å². The second kappa shape index (κ2) is 11.4. The van der Waals surface area contributed by atoms with Crippen LogP contribution in [-0.2, 0) is 22.7 Å². The van der Waals surface area contributed by atoms with Crippen molar-refractivity contribution in [3.05, 3.63) is 113 Å². The highest BCUT2D eigenvalue weighted by molar-refractivity contribution is 5.72. The molecule has 194 valence electrons. The van der Waals surface area contributed by atoms with Crippen LogP contribution in [0.15, 0.2) is 84.9 Å². The maximum absolute atomic E-state index is 11.7. The van der Waals surface area contributed by atoms with E-state index in [1.807, 2.05) is 36.4 Å². The van der Waals surface area contributed by atoms with Crippen LogP contribution in [0.5, 0.6) is 17.2 Å². The van der Waals surface area contributed by atoms with E-state index in [0.29, 0.717) is 26.2 Å². The molecule has 1 unspecified atom stereocenters. The standard InChI is InChI=1S/C33H32O5/c1-22-14-29(37-19-24-8-5-4-6-9-24)15-23(2)33(22)26-11-7-10-25(16-26)20-36-28-12-13-30-27(17-32(34)35-3)21-38-31(30)18-28/h4-16,18,27H,17,19-21H2,1-3H3. The van der Waals surface area contributed by atoms with E-state index >= 15 is 0 Å². The van der Waals surface area contributed by atoms with Crippen molar-refractivity contribution >= 4 is 5.97 Å². The number of benzene rings is 4. The Labute approximate surface area is 223 Å². The normalized spacial score (nSPS) is 13.9. The summed E-state index contributed by atoms with van der Waals surface area (Å²) in [5, 5.41) is 0. The largest absolute Gasteiger partial charge is 0.492 e. The van der Waals surface area contributed by atoms with Crippen LogP contribution in [0.1, 0.15) is 40.2 Å². The molecule has 0 aromatic heterocycles.